The van der Waals surface area contributed by atoms with Gasteiger partial charge in [0.05, 0.1) is 5.56 Å². The molecule has 4 aromatic rings. The highest BCUT2D eigenvalue weighted by molar-refractivity contribution is 6.11. The summed E-state index contributed by atoms with van der Waals surface area (Å²) in [6.45, 7) is 3.70. The van der Waals surface area contributed by atoms with Gasteiger partial charge in [-0.1, -0.05) is 54.6 Å². The third kappa shape index (κ3) is 5.63. The minimum atomic E-state index is -0.334. The summed E-state index contributed by atoms with van der Waals surface area (Å²) in [5, 5.41) is 2.93. The molecule has 0 aliphatic carbocycles. The van der Waals surface area contributed by atoms with Gasteiger partial charge in [0.15, 0.2) is 17.8 Å². The molecule has 0 bridgehead atoms. The van der Waals surface area contributed by atoms with E-state index in [4.69, 9.17) is 4.42 Å². The van der Waals surface area contributed by atoms with Crippen LogP contribution in [0, 0.1) is 0 Å². The first kappa shape index (κ1) is 24.7. The standard InChI is InChI=1S/C29H30N4O3/c1-3-33(23-15-8-5-9-16-23)29(35)25-18-11-10-17-24(25)27-26(31-21-36-27)28(34)30-19-12-20-32(2)22-13-6-4-7-14-22/h4-11,13-18,21H,3,12,19-20H2,1-2H3,(H,30,34). The van der Waals surface area contributed by atoms with Crippen LogP contribution in [0.1, 0.15) is 34.2 Å². The molecule has 2 amide bonds. The molecule has 7 heteroatoms. The fourth-order valence-corrected chi connectivity index (χ4v) is 4.08. The lowest BCUT2D eigenvalue weighted by molar-refractivity contribution is 0.0947. The molecule has 0 unspecified atom stereocenters. The number of hydrogen-bond donors (Lipinski definition) is 1. The van der Waals surface area contributed by atoms with Gasteiger partial charge in [0, 0.05) is 43.6 Å². The van der Waals surface area contributed by atoms with Gasteiger partial charge in [-0.05, 0) is 43.7 Å². The Bertz CT molecular complexity index is 1290. The molecule has 0 atom stereocenters. The van der Waals surface area contributed by atoms with Crippen molar-refractivity contribution in [1.29, 1.82) is 0 Å². The molecular formula is C29H30N4O3. The predicted molar refractivity (Wildman–Crippen MR) is 142 cm³/mol. The SMILES string of the molecule is CCN(C(=O)c1ccccc1-c1ocnc1C(=O)NCCCN(C)c1ccccc1)c1ccccc1. The van der Waals surface area contributed by atoms with Crippen LogP contribution in [0.15, 0.2) is 95.7 Å². The number of aromatic nitrogens is 1. The molecule has 1 aromatic heterocycles. The number of para-hydroxylation sites is 2. The predicted octanol–water partition coefficient (Wildman–Crippen LogP) is 5.26. The highest BCUT2D eigenvalue weighted by Crippen LogP contribution is 2.29. The fourth-order valence-electron chi connectivity index (χ4n) is 4.08. The minimum absolute atomic E-state index is 0.162. The van der Waals surface area contributed by atoms with Crippen LogP contribution in [0.4, 0.5) is 11.4 Å². The van der Waals surface area contributed by atoms with Gasteiger partial charge in [-0.25, -0.2) is 4.98 Å². The molecule has 36 heavy (non-hydrogen) atoms. The van der Waals surface area contributed by atoms with Crippen molar-refractivity contribution in [2.24, 2.45) is 0 Å². The average molecular weight is 483 g/mol. The second-order valence-electron chi connectivity index (χ2n) is 8.33. The number of rotatable bonds is 10. The van der Waals surface area contributed by atoms with Crippen LogP contribution in [-0.4, -0.2) is 43.5 Å². The van der Waals surface area contributed by atoms with Gasteiger partial charge in [0.25, 0.3) is 11.8 Å². The van der Waals surface area contributed by atoms with E-state index in [9.17, 15) is 9.59 Å². The number of anilines is 2. The second kappa shape index (κ2) is 11.8. The first-order valence-corrected chi connectivity index (χ1v) is 12.0. The number of oxazole rings is 1. The highest BCUT2D eigenvalue weighted by Gasteiger charge is 2.25. The summed E-state index contributed by atoms with van der Waals surface area (Å²) in [6.07, 6.45) is 2.01. The van der Waals surface area contributed by atoms with Gasteiger partial charge in [-0.2, -0.15) is 0 Å². The lowest BCUT2D eigenvalue weighted by atomic mass is 10.0. The Morgan fingerprint density at radius 1 is 0.889 bits per heavy atom. The van der Waals surface area contributed by atoms with Crippen molar-refractivity contribution in [3.8, 4) is 11.3 Å². The van der Waals surface area contributed by atoms with Crippen molar-refractivity contribution in [2.45, 2.75) is 13.3 Å². The Balaban J connectivity index is 1.46. The summed E-state index contributed by atoms with van der Waals surface area (Å²) in [5.74, 6) is -0.230. The molecule has 0 saturated carbocycles. The van der Waals surface area contributed by atoms with Crippen molar-refractivity contribution in [3.63, 3.8) is 0 Å². The molecule has 184 valence electrons. The van der Waals surface area contributed by atoms with Gasteiger partial charge >= 0.3 is 0 Å². The number of hydrogen-bond acceptors (Lipinski definition) is 5. The molecule has 0 aliphatic rings. The third-order valence-corrected chi connectivity index (χ3v) is 5.97. The molecular weight excluding hydrogens is 452 g/mol. The van der Waals surface area contributed by atoms with Gasteiger partial charge in [0.1, 0.15) is 0 Å². The smallest absolute Gasteiger partial charge is 0.273 e. The van der Waals surface area contributed by atoms with Crippen LogP contribution in [0.5, 0.6) is 0 Å². The van der Waals surface area contributed by atoms with E-state index in [1.165, 1.54) is 6.39 Å². The molecule has 4 rings (SSSR count). The molecule has 7 nitrogen and oxygen atoms in total. The summed E-state index contributed by atoms with van der Waals surface area (Å²) in [5.41, 5.74) is 3.06. The first-order valence-electron chi connectivity index (χ1n) is 12.0. The molecule has 3 aromatic carbocycles. The molecule has 0 fully saturated rings. The molecule has 0 spiro atoms. The quantitative estimate of drug-likeness (QED) is 0.312. The van der Waals surface area contributed by atoms with E-state index in [-0.39, 0.29) is 23.3 Å². The summed E-state index contributed by atoms with van der Waals surface area (Å²) in [4.78, 5) is 34.5. The topological polar surface area (TPSA) is 78.7 Å². The maximum Gasteiger partial charge on any atom is 0.273 e. The van der Waals surface area contributed by atoms with Crippen LogP contribution < -0.4 is 15.1 Å². The number of nitrogens with one attached hydrogen (secondary N) is 1. The first-order chi connectivity index (χ1) is 17.6. The third-order valence-electron chi connectivity index (χ3n) is 5.97. The van der Waals surface area contributed by atoms with E-state index in [2.05, 4.69) is 27.3 Å². The van der Waals surface area contributed by atoms with E-state index < -0.39 is 0 Å². The normalized spacial score (nSPS) is 10.6. The van der Waals surface area contributed by atoms with Crippen LogP contribution >= 0.6 is 0 Å². The number of benzene rings is 3. The Kier molecular flexibility index (Phi) is 8.13. The maximum atomic E-state index is 13.5. The van der Waals surface area contributed by atoms with Crippen molar-refractivity contribution in [2.75, 3.05) is 36.5 Å². The summed E-state index contributed by atoms with van der Waals surface area (Å²) in [7, 11) is 2.02. The lowest BCUT2D eigenvalue weighted by Gasteiger charge is -2.22. The summed E-state index contributed by atoms with van der Waals surface area (Å²) in [6, 6.07) is 26.7. The molecule has 1 N–H and O–H groups in total. The van der Waals surface area contributed by atoms with Gasteiger partial charge in [0.2, 0.25) is 0 Å². The largest absolute Gasteiger partial charge is 0.443 e. The monoisotopic (exact) mass is 482 g/mol. The lowest BCUT2D eigenvalue weighted by Crippen LogP contribution is -2.31. The fraction of sp³-hybridized carbons (Fsp3) is 0.207. The number of carbonyl (C=O) groups excluding carboxylic acids is 2. The van der Waals surface area contributed by atoms with Crippen LogP contribution in [0.25, 0.3) is 11.3 Å². The zero-order valence-corrected chi connectivity index (χ0v) is 20.6. The van der Waals surface area contributed by atoms with E-state index in [0.29, 0.717) is 24.2 Å². The summed E-state index contributed by atoms with van der Waals surface area (Å²) >= 11 is 0. The number of nitrogens with zero attached hydrogens (tertiary/aromatic N) is 3. The number of carbonyl (C=O) groups is 2. The minimum Gasteiger partial charge on any atom is -0.443 e. The van der Waals surface area contributed by atoms with Crippen molar-refractivity contribution >= 4 is 23.2 Å². The zero-order valence-electron chi connectivity index (χ0n) is 20.6. The van der Waals surface area contributed by atoms with Crippen molar-refractivity contribution < 1.29 is 14.0 Å². The Morgan fingerprint density at radius 3 is 2.22 bits per heavy atom. The molecule has 0 radical (unpaired) electrons. The molecule has 0 aliphatic heterocycles. The van der Waals surface area contributed by atoms with Crippen LogP contribution in [0.3, 0.4) is 0 Å². The zero-order chi connectivity index (χ0) is 25.3. The van der Waals surface area contributed by atoms with Crippen LogP contribution in [-0.2, 0) is 0 Å². The summed E-state index contributed by atoms with van der Waals surface area (Å²) < 4.78 is 5.63. The maximum absolute atomic E-state index is 13.5. The Labute approximate surface area is 211 Å². The van der Waals surface area contributed by atoms with Gasteiger partial charge < -0.3 is 19.5 Å². The Hall–Kier alpha value is -4.39. The highest BCUT2D eigenvalue weighted by atomic mass is 16.3. The number of amides is 2. The van der Waals surface area contributed by atoms with E-state index in [0.717, 1.165) is 24.3 Å². The van der Waals surface area contributed by atoms with Crippen molar-refractivity contribution in [3.05, 3.63) is 103 Å². The van der Waals surface area contributed by atoms with Gasteiger partial charge in [-0.3, -0.25) is 9.59 Å². The second-order valence-corrected chi connectivity index (χ2v) is 8.33. The molecule has 1 heterocycles. The van der Waals surface area contributed by atoms with E-state index in [1.54, 1.807) is 23.1 Å². The van der Waals surface area contributed by atoms with Crippen LogP contribution in [0.2, 0.25) is 0 Å². The van der Waals surface area contributed by atoms with Crippen molar-refractivity contribution in [1.82, 2.24) is 10.3 Å². The van der Waals surface area contributed by atoms with E-state index in [1.807, 2.05) is 68.6 Å². The van der Waals surface area contributed by atoms with E-state index >= 15 is 0 Å². The molecule has 0 saturated heterocycles. The average Bonchev–Trinajstić information content (AvgIpc) is 3.42. The van der Waals surface area contributed by atoms with Gasteiger partial charge in [-0.15, -0.1) is 0 Å². The Morgan fingerprint density at radius 2 is 1.53 bits per heavy atom.